The monoisotopic (exact) mass is 776 g/mol. The number of aromatic amines is 1. The predicted molar refractivity (Wildman–Crippen MR) is 206 cm³/mol. The fourth-order valence-corrected chi connectivity index (χ4v) is 6.79. The highest BCUT2D eigenvalue weighted by Crippen LogP contribution is 2.37. The van der Waals surface area contributed by atoms with Gasteiger partial charge in [0.1, 0.15) is 17.5 Å². The van der Waals surface area contributed by atoms with Gasteiger partial charge in [-0.25, -0.2) is 14.4 Å². The molecule has 55 heavy (non-hydrogen) atoms. The number of anilines is 2. The zero-order valence-electron chi connectivity index (χ0n) is 28.9. The molecule has 17 heteroatoms. The van der Waals surface area contributed by atoms with E-state index in [1.165, 1.54) is 44.2 Å². The molecule has 5 N–H and O–H groups in total. The van der Waals surface area contributed by atoms with Gasteiger partial charge in [0.05, 0.1) is 45.2 Å². The first kappa shape index (κ1) is 35.6. The summed E-state index contributed by atoms with van der Waals surface area (Å²) in [5, 5.41) is 28.3. The minimum absolute atomic E-state index is 0.223. The highest BCUT2D eigenvalue weighted by molar-refractivity contribution is 6.38. The third kappa shape index (κ3) is 7.65. The van der Waals surface area contributed by atoms with E-state index < -0.39 is 0 Å². The number of halogens is 3. The Balaban J connectivity index is 0.000000160. The summed E-state index contributed by atoms with van der Waals surface area (Å²) >= 11 is 12.5. The number of pyridine rings is 2. The summed E-state index contributed by atoms with van der Waals surface area (Å²) in [5.41, 5.74) is 17.7. The fourth-order valence-electron chi connectivity index (χ4n) is 6.23. The number of hydrogen-bond donors (Lipinski definition) is 3. The van der Waals surface area contributed by atoms with E-state index in [4.69, 9.17) is 43.5 Å². The van der Waals surface area contributed by atoms with Gasteiger partial charge in [-0.3, -0.25) is 9.78 Å². The van der Waals surface area contributed by atoms with Crippen LogP contribution in [0.15, 0.2) is 101 Å². The lowest BCUT2D eigenvalue weighted by Crippen LogP contribution is -2.12. The van der Waals surface area contributed by atoms with Crippen molar-refractivity contribution in [2.75, 3.05) is 11.5 Å². The van der Waals surface area contributed by atoms with E-state index in [0.29, 0.717) is 44.2 Å². The maximum absolute atomic E-state index is 13.0. The molecule has 9 rings (SSSR count). The van der Waals surface area contributed by atoms with Gasteiger partial charge < -0.3 is 20.3 Å². The summed E-state index contributed by atoms with van der Waals surface area (Å²) in [6.07, 6.45) is 16.9. The van der Waals surface area contributed by atoms with Gasteiger partial charge >= 0.3 is 0 Å². The molecule has 0 saturated heterocycles. The summed E-state index contributed by atoms with van der Waals surface area (Å²) in [6, 6.07) is 15.1. The normalized spacial score (nSPS) is 13.1. The first-order chi connectivity index (χ1) is 26.8. The van der Waals surface area contributed by atoms with E-state index in [2.05, 4.69) is 56.5 Å². The van der Waals surface area contributed by atoms with Crippen LogP contribution in [0.3, 0.4) is 0 Å². The van der Waals surface area contributed by atoms with Crippen LogP contribution in [-0.2, 0) is 0 Å². The molecule has 2 aromatic carbocycles. The molecule has 6 aromatic heterocycles. The number of nitrogens with one attached hydrogen (secondary N) is 1. The van der Waals surface area contributed by atoms with Gasteiger partial charge in [0.25, 0.3) is 17.7 Å². The molecule has 0 aliphatic heterocycles. The number of aromatic nitrogens is 10. The second-order valence-corrected chi connectivity index (χ2v) is 13.5. The Hall–Kier alpha value is -6.45. The molecule has 0 radical (unpaired) electrons. The van der Waals surface area contributed by atoms with E-state index in [0.717, 1.165) is 22.3 Å². The van der Waals surface area contributed by atoms with Crippen LogP contribution in [0.5, 0.6) is 0 Å². The molecule has 1 fully saturated rings. The lowest BCUT2D eigenvalue weighted by molar-refractivity contribution is 0.329. The van der Waals surface area contributed by atoms with Crippen molar-refractivity contribution in [1.82, 2.24) is 50.3 Å². The maximum atomic E-state index is 13.0. The first-order valence-electron chi connectivity index (χ1n) is 17.2. The summed E-state index contributed by atoms with van der Waals surface area (Å²) in [5.74, 6) is 1.22. The van der Waals surface area contributed by atoms with Gasteiger partial charge in [-0.2, -0.15) is 10.2 Å². The fraction of sp³-hybridized carbons (Fsp3) is 0.158. The van der Waals surface area contributed by atoms with Gasteiger partial charge in [0.15, 0.2) is 0 Å². The average Bonchev–Trinajstić information content (AvgIpc) is 4.05. The van der Waals surface area contributed by atoms with Crippen LogP contribution >= 0.6 is 23.2 Å². The van der Waals surface area contributed by atoms with Crippen LogP contribution in [-0.4, -0.2) is 50.3 Å². The summed E-state index contributed by atoms with van der Waals surface area (Å²) < 4.78 is 26.6. The van der Waals surface area contributed by atoms with Crippen LogP contribution in [0, 0.1) is 5.82 Å². The molecule has 8 aromatic rings. The third-order valence-electron chi connectivity index (χ3n) is 9.13. The second kappa shape index (κ2) is 15.5. The number of H-pyrrole nitrogens is 1. The zero-order chi connectivity index (χ0) is 37.9. The minimum Gasteiger partial charge on any atom is -0.416 e. The van der Waals surface area contributed by atoms with Gasteiger partial charge in [-0.1, -0.05) is 48.5 Å². The van der Waals surface area contributed by atoms with Crippen LogP contribution < -0.4 is 11.5 Å². The van der Waals surface area contributed by atoms with Crippen molar-refractivity contribution in [2.24, 2.45) is 0 Å². The van der Waals surface area contributed by atoms with Gasteiger partial charge in [0, 0.05) is 52.6 Å². The van der Waals surface area contributed by atoms with E-state index in [1.54, 1.807) is 61.2 Å². The third-order valence-corrected chi connectivity index (χ3v) is 9.76. The molecule has 6 heterocycles. The first-order valence-corrected chi connectivity index (χ1v) is 18.0. The number of hydrogen-bond acceptors (Lipinski definition) is 12. The van der Waals surface area contributed by atoms with Crippen molar-refractivity contribution in [3.8, 4) is 68.1 Å². The number of nitrogens with zero attached hydrogens (tertiary/aromatic N) is 9. The Morgan fingerprint density at radius 1 is 0.673 bits per heavy atom. The molecule has 0 unspecified atom stereocenters. The van der Waals surface area contributed by atoms with E-state index in [9.17, 15) is 4.39 Å². The quantitative estimate of drug-likeness (QED) is 0.139. The smallest absolute Gasteiger partial charge is 0.251 e. The lowest BCUT2D eigenvalue weighted by atomic mass is 9.96. The molecule has 0 amide bonds. The predicted octanol–water partition coefficient (Wildman–Crippen LogP) is 8.97. The molecule has 276 valence electrons. The van der Waals surface area contributed by atoms with Gasteiger partial charge in [-0.05, 0) is 61.4 Å². The topological polar surface area (TPSA) is 202 Å². The minimum atomic E-state index is -0.334. The molecule has 0 spiro atoms. The summed E-state index contributed by atoms with van der Waals surface area (Å²) in [6.45, 7) is 0. The molecule has 1 saturated carbocycles. The summed E-state index contributed by atoms with van der Waals surface area (Å²) in [4.78, 5) is 8.50. The zero-order valence-corrected chi connectivity index (χ0v) is 30.4. The largest absolute Gasteiger partial charge is 0.416 e. The van der Waals surface area contributed by atoms with Crippen molar-refractivity contribution in [3.63, 3.8) is 0 Å². The Labute approximate surface area is 322 Å². The Morgan fingerprint density at radius 2 is 1.27 bits per heavy atom. The molecule has 1 aliphatic carbocycles. The Bertz CT molecular complexity index is 2540. The van der Waals surface area contributed by atoms with E-state index in [-0.39, 0.29) is 35.2 Å². The van der Waals surface area contributed by atoms with Crippen molar-refractivity contribution < 1.29 is 13.2 Å². The molecule has 14 nitrogen and oxygen atoms in total. The van der Waals surface area contributed by atoms with Gasteiger partial charge in [-0.15, -0.1) is 20.4 Å². The average molecular weight is 778 g/mol. The highest BCUT2D eigenvalue weighted by atomic mass is 35.5. The number of rotatable bonds is 7. The Kier molecular flexibility index (Phi) is 10.0. The van der Waals surface area contributed by atoms with Crippen molar-refractivity contribution in [3.05, 3.63) is 108 Å². The number of nitrogens with two attached hydrogens (primary N) is 2. The van der Waals surface area contributed by atoms with Crippen molar-refractivity contribution >= 4 is 34.8 Å². The molecule has 0 atom stereocenters. The van der Waals surface area contributed by atoms with E-state index in [1.807, 2.05) is 12.3 Å². The van der Waals surface area contributed by atoms with Crippen LogP contribution in [0.4, 0.5) is 16.0 Å². The highest BCUT2D eigenvalue weighted by Gasteiger charge is 2.21. The Morgan fingerprint density at radius 3 is 1.91 bits per heavy atom. The van der Waals surface area contributed by atoms with Crippen LogP contribution in [0.2, 0.25) is 10.0 Å². The van der Waals surface area contributed by atoms with E-state index >= 15 is 0 Å². The molecular formula is C38H31Cl2FN12O2. The van der Waals surface area contributed by atoms with Crippen LogP contribution in [0.25, 0.3) is 68.1 Å². The van der Waals surface area contributed by atoms with Crippen molar-refractivity contribution in [2.45, 2.75) is 38.1 Å². The van der Waals surface area contributed by atoms with Crippen molar-refractivity contribution in [1.29, 1.82) is 0 Å². The standard InChI is InChI=1S/C22H20Cl2N6O.C16H11FN6O/c23-17-7-4-8-18(24)19(17)22-29-28-21(31-22)16-9-13(10-26-20(16)25)14-11-27-30(12-14)15-5-2-1-3-6-15;17-12-3-1-9(2-4-12)15-22-23-16(24-15)13-5-10(6-19-14(13)18)11-7-20-21-8-11/h4,7-12,15H,1-3,5-6H2,(H2,25,26);1-8H,(H2,18,19)(H,20,21). The number of nitrogen functional groups attached to an aromatic ring is 2. The SMILES string of the molecule is Nc1ncc(-c2cn[nH]c2)cc1-c1nnc(-c2ccc(F)cc2)o1.Nc1ncc(-c2cnn(C3CCCCC3)c2)cc1-c1nnc(-c2c(Cl)cccc2Cl)o1. The molecular weight excluding hydrogens is 746 g/mol. The molecule has 0 bridgehead atoms. The maximum Gasteiger partial charge on any atom is 0.251 e. The number of benzene rings is 2. The second-order valence-electron chi connectivity index (χ2n) is 12.7. The van der Waals surface area contributed by atoms with Gasteiger partial charge in [0.2, 0.25) is 5.89 Å². The van der Waals surface area contributed by atoms with Crippen LogP contribution in [0.1, 0.15) is 38.1 Å². The molecule has 1 aliphatic rings. The lowest BCUT2D eigenvalue weighted by Gasteiger charge is -2.21. The summed E-state index contributed by atoms with van der Waals surface area (Å²) in [7, 11) is 0.